The lowest BCUT2D eigenvalue weighted by Crippen LogP contribution is -2.48. The van der Waals surface area contributed by atoms with Crippen molar-refractivity contribution in [2.24, 2.45) is 0 Å². The van der Waals surface area contributed by atoms with E-state index in [1.807, 2.05) is 4.90 Å². The van der Waals surface area contributed by atoms with Crippen LogP contribution in [0.15, 0.2) is 36.4 Å². The van der Waals surface area contributed by atoms with E-state index in [4.69, 9.17) is 23.2 Å². The predicted octanol–water partition coefficient (Wildman–Crippen LogP) is 3.84. The van der Waals surface area contributed by atoms with Gasteiger partial charge in [-0.1, -0.05) is 29.3 Å². The van der Waals surface area contributed by atoms with Gasteiger partial charge in [0.15, 0.2) is 0 Å². The summed E-state index contributed by atoms with van der Waals surface area (Å²) in [5.74, 6) is -0.359. The summed E-state index contributed by atoms with van der Waals surface area (Å²) < 4.78 is 0. The van der Waals surface area contributed by atoms with Crippen LogP contribution in [0.4, 0.5) is 11.4 Å². The second kappa shape index (κ2) is 9.53. The Morgan fingerprint density at radius 3 is 2.32 bits per heavy atom. The molecule has 1 heterocycles. The molecule has 0 spiro atoms. The number of carbonyl (C=O) groups excluding carboxylic acids is 2. The predicted molar refractivity (Wildman–Crippen MR) is 120 cm³/mol. The lowest BCUT2D eigenvalue weighted by atomic mass is 10.1. The number of nitro groups is 1. The van der Waals surface area contributed by atoms with E-state index in [0.29, 0.717) is 41.9 Å². The molecule has 2 aromatic rings. The van der Waals surface area contributed by atoms with Crippen LogP contribution in [0.2, 0.25) is 10.0 Å². The quantitative estimate of drug-likeness (QED) is 0.495. The molecular formula is C21H22Cl2N4O4. The molecule has 31 heavy (non-hydrogen) atoms. The van der Waals surface area contributed by atoms with Crippen molar-refractivity contribution in [3.8, 4) is 0 Å². The SMILES string of the molecule is CC(=O)N1CCN(c2ccc(C(=O)N(C)Cc3ccc(Cl)c(Cl)c3)cc2[N+](=O)[O-])CC1. The van der Waals surface area contributed by atoms with Gasteiger partial charge in [-0.15, -0.1) is 0 Å². The summed E-state index contributed by atoms with van der Waals surface area (Å²) in [7, 11) is 1.62. The van der Waals surface area contributed by atoms with Crippen molar-refractivity contribution in [2.75, 3.05) is 38.1 Å². The number of benzene rings is 2. The summed E-state index contributed by atoms with van der Waals surface area (Å²) in [4.78, 5) is 40.6. The highest BCUT2D eigenvalue weighted by Crippen LogP contribution is 2.31. The molecule has 3 rings (SSSR count). The zero-order valence-corrected chi connectivity index (χ0v) is 18.7. The molecule has 0 atom stereocenters. The largest absolute Gasteiger partial charge is 0.362 e. The fourth-order valence-electron chi connectivity index (χ4n) is 3.54. The Hall–Kier alpha value is -2.84. The number of hydrogen-bond acceptors (Lipinski definition) is 5. The number of rotatable bonds is 5. The molecule has 0 bridgehead atoms. The van der Waals surface area contributed by atoms with E-state index in [9.17, 15) is 19.7 Å². The van der Waals surface area contributed by atoms with Gasteiger partial charge in [0.25, 0.3) is 11.6 Å². The summed E-state index contributed by atoms with van der Waals surface area (Å²) in [5.41, 5.74) is 1.32. The Morgan fingerprint density at radius 1 is 1.06 bits per heavy atom. The van der Waals surface area contributed by atoms with Gasteiger partial charge in [-0.2, -0.15) is 0 Å². The lowest BCUT2D eigenvalue weighted by molar-refractivity contribution is -0.384. The van der Waals surface area contributed by atoms with Gasteiger partial charge in [-0.25, -0.2) is 0 Å². The number of piperazine rings is 1. The van der Waals surface area contributed by atoms with Crippen LogP contribution in [0, 0.1) is 10.1 Å². The number of carbonyl (C=O) groups is 2. The standard InChI is InChI=1S/C21H22Cl2N4O4/c1-14(28)25-7-9-26(10-8-25)19-6-4-16(12-20(19)27(30)31)21(29)24(2)13-15-3-5-17(22)18(23)11-15/h3-6,11-12H,7-10,13H2,1-2H3. The minimum atomic E-state index is -0.484. The van der Waals surface area contributed by atoms with Gasteiger partial charge >= 0.3 is 0 Å². The molecule has 1 aliphatic rings. The Morgan fingerprint density at radius 2 is 1.74 bits per heavy atom. The Labute approximate surface area is 190 Å². The maximum atomic E-state index is 12.9. The Kier molecular flexibility index (Phi) is 7.02. The maximum absolute atomic E-state index is 12.9. The molecule has 0 aromatic heterocycles. The molecule has 2 aromatic carbocycles. The maximum Gasteiger partial charge on any atom is 0.293 e. The first-order valence-corrected chi connectivity index (χ1v) is 10.4. The first kappa shape index (κ1) is 22.8. The molecule has 0 unspecified atom stereocenters. The summed E-state index contributed by atoms with van der Waals surface area (Å²) in [5, 5.41) is 12.5. The van der Waals surface area contributed by atoms with Gasteiger partial charge in [0, 0.05) is 58.3 Å². The molecular weight excluding hydrogens is 443 g/mol. The molecule has 0 radical (unpaired) electrons. The van der Waals surface area contributed by atoms with Crippen molar-refractivity contribution in [3.63, 3.8) is 0 Å². The highest BCUT2D eigenvalue weighted by Gasteiger charge is 2.26. The minimum Gasteiger partial charge on any atom is -0.362 e. The number of nitro benzene ring substituents is 1. The second-order valence-electron chi connectivity index (χ2n) is 7.36. The number of anilines is 1. The third-order valence-corrected chi connectivity index (χ3v) is 5.97. The highest BCUT2D eigenvalue weighted by atomic mass is 35.5. The van der Waals surface area contributed by atoms with Crippen molar-refractivity contribution in [3.05, 3.63) is 67.7 Å². The van der Waals surface area contributed by atoms with Crippen LogP contribution < -0.4 is 4.90 Å². The van der Waals surface area contributed by atoms with E-state index in [1.165, 1.54) is 17.9 Å². The monoisotopic (exact) mass is 464 g/mol. The summed E-state index contributed by atoms with van der Waals surface area (Å²) in [6, 6.07) is 9.60. The number of nitrogens with zero attached hydrogens (tertiary/aromatic N) is 4. The van der Waals surface area contributed by atoms with Gasteiger partial charge in [0.05, 0.1) is 15.0 Å². The van der Waals surface area contributed by atoms with E-state index < -0.39 is 4.92 Å². The fourth-order valence-corrected chi connectivity index (χ4v) is 3.86. The van der Waals surface area contributed by atoms with Crippen LogP contribution in [0.25, 0.3) is 0 Å². The van der Waals surface area contributed by atoms with Gasteiger partial charge in [0.1, 0.15) is 5.69 Å². The zero-order chi connectivity index (χ0) is 22.7. The smallest absolute Gasteiger partial charge is 0.293 e. The van der Waals surface area contributed by atoms with Crippen molar-refractivity contribution in [2.45, 2.75) is 13.5 Å². The Balaban J connectivity index is 1.78. The lowest BCUT2D eigenvalue weighted by Gasteiger charge is -2.35. The van der Waals surface area contributed by atoms with Crippen molar-refractivity contribution in [1.29, 1.82) is 0 Å². The van der Waals surface area contributed by atoms with Crippen LogP contribution in [-0.4, -0.2) is 59.8 Å². The van der Waals surface area contributed by atoms with Crippen LogP contribution in [-0.2, 0) is 11.3 Å². The van der Waals surface area contributed by atoms with Crippen molar-refractivity contribution in [1.82, 2.24) is 9.80 Å². The van der Waals surface area contributed by atoms with Crippen LogP contribution in [0.1, 0.15) is 22.8 Å². The van der Waals surface area contributed by atoms with Crippen LogP contribution in [0.3, 0.4) is 0 Å². The summed E-state index contributed by atoms with van der Waals surface area (Å²) in [6.45, 7) is 3.76. The summed E-state index contributed by atoms with van der Waals surface area (Å²) in [6.07, 6.45) is 0. The van der Waals surface area contributed by atoms with E-state index in [-0.39, 0.29) is 29.6 Å². The third kappa shape index (κ3) is 5.26. The van der Waals surface area contributed by atoms with E-state index in [2.05, 4.69) is 0 Å². The normalized spacial score (nSPS) is 13.8. The first-order valence-electron chi connectivity index (χ1n) is 9.65. The third-order valence-electron chi connectivity index (χ3n) is 5.24. The molecule has 0 N–H and O–H groups in total. The molecule has 0 saturated carbocycles. The average molecular weight is 465 g/mol. The second-order valence-corrected chi connectivity index (χ2v) is 8.18. The topological polar surface area (TPSA) is 87.0 Å². The molecule has 164 valence electrons. The van der Waals surface area contributed by atoms with Crippen molar-refractivity contribution >= 4 is 46.4 Å². The zero-order valence-electron chi connectivity index (χ0n) is 17.2. The van der Waals surface area contributed by atoms with E-state index >= 15 is 0 Å². The van der Waals surface area contributed by atoms with E-state index in [1.54, 1.807) is 42.3 Å². The highest BCUT2D eigenvalue weighted by molar-refractivity contribution is 6.42. The molecule has 10 heteroatoms. The fraction of sp³-hybridized carbons (Fsp3) is 0.333. The number of hydrogen-bond donors (Lipinski definition) is 0. The molecule has 2 amide bonds. The Bertz CT molecular complexity index is 1020. The number of amides is 2. The molecule has 8 nitrogen and oxygen atoms in total. The van der Waals surface area contributed by atoms with Crippen LogP contribution in [0.5, 0.6) is 0 Å². The van der Waals surface area contributed by atoms with Gasteiger partial charge in [-0.05, 0) is 29.8 Å². The van der Waals surface area contributed by atoms with Gasteiger partial charge in [-0.3, -0.25) is 19.7 Å². The van der Waals surface area contributed by atoms with Gasteiger partial charge < -0.3 is 14.7 Å². The van der Waals surface area contributed by atoms with E-state index in [0.717, 1.165) is 5.56 Å². The summed E-state index contributed by atoms with van der Waals surface area (Å²) >= 11 is 12.0. The molecule has 1 saturated heterocycles. The minimum absolute atomic E-state index is 0.0138. The first-order chi connectivity index (χ1) is 14.7. The van der Waals surface area contributed by atoms with Gasteiger partial charge in [0.2, 0.25) is 5.91 Å². The van der Waals surface area contributed by atoms with Crippen LogP contribution >= 0.6 is 23.2 Å². The molecule has 1 fully saturated rings. The van der Waals surface area contributed by atoms with Crippen molar-refractivity contribution < 1.29 is 14.5 Å². The number of halogens is 2. The molecule has 0 aliphatic carbocycles. The average Bonchev–Trinajstić information content (AvgIpc) is 2.75. The molecule has 1 aliphatic heterocycles.